The molecule has 1 atom stereocenters. The molecule has 0 spiro atoms. The van der Waals surface area contributed by atoms with E-state index < -0.39 is 6.10 Å². The van der Waals surface area contributed by atoms with Crippen LogP contribution in [0.25, 0.3) is 0 Å². The number of benzene rings is 2. The van der Waals surface area contributed by atoms with Crippen molar-refractivity contribution in [2.75, 3.05) is 13.2 Å². The van der Waals surface area contributed by atoms with Gasteiger partial charge in [0.2, 0.25) is 0 Å². The number of hydrogen-bond acceptors (Lipinski definition) is 3. The number of ether oxygens (including phenoxy) is 2. The highest BCUT2D eigenvalue weighted by molar-refractivity contribution is 6.32. The van der Waals surface area contributed by atoms with Crippen LogP contribution in [0.1, 0.15) is 23.6 Å². The molecule has 4 nitrogen and oxygen atoms in total. The van der Waals surface area contributed by atoms with Gasteiger partial charge in [0.05, 0.1) is 11.6 Å². The fourth-order valence-corrected chi connectivity index (χ4v) is 2.60. The van der Waals surface area contributed by atoms with Gasteiger partial charge in [0.1, 0.15) is 18.1 Å². The molecule has 0 saturated heterocycles. The lowest BCUT2D eigenvalue weighted by Gasteiger charge is -2.18. The van der Waals surface area contributed by atoms with Crippen LogP contribution in [0.2, 0.25) is 5.02 Å². The summed E-state index contributed by atoms with van der Waals surface area (Å²) in [6.07, 6.45) is -0.583. The number of carbonyl (C=O) groups excluding carboxylic acids is 1. The molecule has 0 radical (unpaired) electrons. The second-order valence-corrected chi connectivity index (χ2v) is 6.44. The lowest BCUT2D eigenvalue weighted by atomic mass is 10.1. The average molecular weight is 362 g/mol. The molecule has 0 saturated carbocycles. The summed E-state index contributed by atoms with van der Waals surface area (Å²) < 4.78 is 11.4. The first kappa shape index (κ1) is 19.1. The van der Waals surface area contributed by atoms with Gasteiger partial charge >= 0.3 is 0 Å². The van der Waals surface area contributed by atoms with Crippen LogP contribution in [-0.2, 0) is 4.79 Å². The number of para-hydroxylation sites is 1. The zero-order valence-electron chi connectivity index (χ0n) is 15.1. The summed E-state index contributed by atoms with van der Waals surface area (Å²) in [7, 11) is 0. The molecule has 1 amide bonds. The monoisotopic (exact) mass is 361 g/mol. The zero-order valence-corrected chi connectivity index (χ0v) is 15.8. The summed E-state index contributed by atoms with van der Waals surface area (Å²) in [5.74, 6) is 1.17. The Morgan fingerprint density at radius 1 is 1.16 bits per heavy atom. The quantitative estimate of drug-likeness (QED) is 0.751. The topological polar surface area (TPSA) is 47.6 Å². The lowest BCUT2D eigenvalue weighted by Crippen LogP contribution is -2.38. The van der Waals surface area contributed by atoms with Crippen molar-refractivity contribution >= 4 is 17.5 Å². The van der Waals surface area contributed by atoms with E-state index in [-0.39, 0.29) is 5.91 Å². The minimum Gasteiger partial charge on any atom is -0.490 e. The van der Waals surface area contributed by atoms with Crippen LogP contribution in [-0.4, -0.2) is 25.2 Å². The maximum Gasteiger partial charge on any atom is 0.260 e. The minimum absolute atomic E-state index is 0.179. The largest absolute Gasteiger partial charge is 0.490 e. The molecule has 0 heterocycles. The van der Waals surface area contributed by atoms with Crippen molar-refractivity contribution in [3.63, 3.8) is 0 Å². The molecular weight excluding hydrogens is 338 g/mol. The lowest BCUT2D eigenvalue weighted by molar-refractivity contribution is -0.127. The molecule has 0 bridgehead atoms. The number of halogens is 1. The summed E-state index contributed by atoms with van der Waals surface area (Å²) in [6, 6.07) is 11.3. The van der Waals surface area contributed by atoms with E-state index in [4.69, 9.17) is 21.1 Å². The van der Waals surface area contributed by atoms with E-state index in [2.05, 4.69) is 11.4 Å². The maximum absolute atomic E-state index is 12.2. The first-order chi connectivity index (χ1) is 11.9. The van der Waals surface area contributed by atoms with E-state index >= 15 is 0 Å². The predicted molar refractivity (Wildman–Crippen MR) is 101 cm³/mol. The van der Waals surface area contributed by atoms with E-state index in [1.807, 2.05) is 39.0 Å². The molecule has 0 fully saturated rings. The van der Waals surface area contributed by atoms with Crippen molar-refractivity contribution in [1.82, 2.24) is 5.32 Å². The van der Waals surface area contributed by atoms with Crippen molar-refractivity contribution in [3.8, 4) is 11.5 Å². The molecule has 25 heavy (non-hydrogen) atoms. The molecule has 0 aliphatic heterocycles. The fourth-order valence-electron chi connectivity index (χ4n) is 2.41. The minimum atomic E-state index is -0.583. The number of rotatable bonds is 7. The molecule has 134 valence electrons. The number of hydrogen-bond donors (Lipinski definition) is 1. The Labute approximate surface area is 154 Å². The molecule has 1 N–H and O–H groups in total. The van der Waals surface area contributed by atoms with Crippen LogP contribution in [0.5, 0.6) is 11.5 Å². The van der Waals surface area contributed by atoms with E-state index in [1.54, 1.807) is 19.1 Å². The highest BCUT2D eigenvalue weighted by Crippen LogP contribution is 2.24. The Balaban J connectivity index is 1.82. The third kappa shape index (κ3) is 5.40. The van der Waals surface area contributed by atoms with Gasteiger partial charge in [0.25, 0.3) is 5.91 Å². The van der Waals surface area contributed by atoms with E-state index in [0.717, 1.165) is 22.4 Å². The van der Waals surface area contributed by atoms with Crippen molar-refractivity contribution in [2.24, 2.45) is 0 Å². The Kier molecular flexibility index (Phi) is 6.71. The highest BCUT2D eigenvalue weighted by Gasteiger charge is 2.16. The van der Waals surface area contributed by atoms with Crippen LogP contribution >= 0.6 is 11.6 Å². The summed E-state index contributed by atoms with van der Waals surface area (Å²) in [4.78, 5) is 12.2. The van der Waals surface area contributed by atoms with Gasteiger partial charge < -0.3 is 14.8 Å². The molecule has 2 rings (SSSR count). The van der Waals surface area contributed by atoms with Gasteiger partial charge in [-0.05, 0) is 62.6 Å². The first-order valence-electron chi connectivity index (χ1n) is 8.28. The van der Waals surface area contributed by atoms with Crippen molar-refractivity contribution in [3.05, 3.63) is 58.1 Å². The number of amides is 1. The molecule has 2 aromatic rings. The second-order valence-electron chi connectivity index (χ2n) is 6.03. The van der Waals surface area contributed by atoms with Gasteiger partial charge in [-0.15, -0.1) is 0 Å². The van der Waals surface area contributed by atoms with Crippen LogP contribution < -0.4 is 14.8 Å². The van der Waals surface area contributed by atoms with Crippen molar-refractivity contribution in [2.45, 2.75) is 33.8 Å². The summed E-state index contributed by atoms with van der Waals surface area (Å²) in [5.41, 5.74) is 3.31. The molecule has 0 aromatic heterocycles. The number of aryl methyl sites for hydroxylation is 2. The maximum atomic E-state index is 12.2. The predicted octanol–water partition coefficient (Wildman–Crippen LogP) is 4.23. The molecule has 0 unspecified atom stereocenters. The number of carbonyl (C=O) groups is 1. The first-order valence-corrected chi connectivity index (χ1v) is 8.66. The second kappa shape index (κ2) is 8.77. The van der Waals surface area contributed by atoms with Gasteiger partial charge in [0, 0.05) is 0 Å². The summed E-state index contributed by atoms with van der Waals surface area (Å²) in [6.45, 7) is 8.49. The Bertz CT molecular complexity index is 746. The van der Waals surface area contributed by atoms with Crippen LogP contribution in [0.3, 0.4) is 0 Å². The SMILES string of the molecule is Cc1cc(C)c(C)c(O[C@@H](C)C(=O)NCCOc2ccccc2Cl)c1. The normalized spacial score (nSPS) is 11.7. The van der Waals surface area contributed by atoms with E-state index in [0.29, 0.717) is 23.9 Å². The van der Waals surface area contributed by atoms with Gasteiger partial charge in [0.15, 0.2) is 6.10 Å². The third-order valence-electron chi connectivity index (χ3n) is 3.93. The average Bonchev–Trinajstić information content (AvgIpc) is 2.57. The fraction of sp³-hybridized carbons (Fsp3) is 0.350. The molecule has 0 aliphatic carbocycles. The Morgan fingerprint density at radius 2 is 1.88 bits per heavy atom. The van der Waals surface area contributed by atoms with Gasteiger partial charge in [-0.3, -0.25) is 4.79 Å². The number of nitrogens with one attached hydrogen (secondary N) is 1. The Morgan fingerprint density at radius 3 is 2.60 bits per heavy atom. The van der Waals surface area contributed by atoms with Crippen molar-refractivity contribution < 1.29 is 14.3 Å². The zero-order chi connectivity index (χ0) is 18.4. The van der Waals surface area contributed by atoms with Crippen molar-refractivity contribution in [1.29, 1.82) is 0 Å². The molecule has 0 aliphatic rings. The van der Waals surface area contributed by atoms with Crippen LogP contribution in [0.15, 0.2) is 36.4 Å². The Hall–Kier alpha value is -2.20. The smallest absolute Gasteiger partial charge is 0.260 e. The molecule has 2 aromatic carbocycles. The summed E-state index contributed by atoms with van der Waals surface area (Å²) >= 11 is 6.01. The highest BCUT2D eigenvalue weighted by atomic mass is 35.5. The van der Waals surface area contributed by atoms with Gasteiger partial charge in [-0.25, -0.2) is 0 Å². The van der Waals surface area contributed by atoms with E-state index in [9.17, 15) is 4.79 Å². The standard InChI is InChI=1S/C20H24ClNO3/c1-13-11-14(2)15(3)19(12-13)25-16(4)20(23)22-9-10-24-18-8-6-5-7-17(18)21/h5-8,11-12,16H,9-10H2,1-4H3,(H,22,23)/t16-/m0/s1. The van der Waals surface area contributed by atoms with Gasteiger partial charge in [-0.2, -0.15) is 0 Å². The molecular formula is C20H24ClNO3. The van der Waals surface area contributed by atoms with Crippen LogP contribution in [0, 0.1) is 20.8 Å². The van der Waals surface area contributed by atoms with Gasteiger partial charge in [-0.1, -0.05) is 29.8 Å². The molecule has 5 heteroatoms. The third-order valence-corrected chi connectivity index (χ3v) is 4.24. The summed E-state index contributed by atoms with van der Waals surface area (Å²) in [5, 5.41) is 3.36. The van der Waals surface area contributed by atoms with E-state index in [1.165, 1.54) is 0 Å². The van der Waals surface area contributed by atoms with Crippen LogP contribution in [0.4, 0.5) is 0 Å².